The second kappa shape index (κ2) is 8.30. The molecular formula is C24H20ClNO4. The molecular weight excluding hydrogens is 402 g/mol. The molecule has 3 N–H and O–H groups in total. The SMILES string of the molecule is NC(c1ccccc1Cl)C(C(=O)O)C(=O)OCC1c2ccccc2-c2ccccc21. The van der Waals surface area contributed by atoms with Gasteiger partial charge in [0.2, 0.25) is 0 Å². The molecule has 0 aliphatic heterocycles. The van der Waals surface area contributed by atoms with E-state index in [1.165, 1.54) is 0 Å². The lowest BCUT2D eigenvalue weighted by Gasteiger charge is -2.21. The summed E-state index contributed by atoms with van der Waals surface area (Å²) in [5.74, 6) is -3.94. The van der Waals surface area contributed by atoms with Gasteiger partial charge in [-0.05, 0) is 33.9 Å². The number of benzene rings is 3. The molecule has 3 aromatic carbocycles. The van der Waals surface area contributed by atoms with E-state index in [-0.39, 0.29) is 12.5 Å². The molecule has 0 saturated carbocycles. The number of hydrogen-bond donors (Lipinski definition) is 2. The standard InChI is InChI=1S/C24H20ClNO4/c25-20-12-6-5-11-18(20)22(26)21(23(27)28)24(29)30-13-19-16-9-3-1-7-14(16)15-8-2-4-10-17(15)19/h1-12,19,21-22H,13,26H2,(H,27,28). The number of rotatable bonds is 6. The first kappa shape index (κ1) is 20.1. The lowest BCUT2D eigenvalue weighted by atomic mass is 9.93. The molecule has 3 aromatic rings. The summed E-state index contributed by atoms with van der Waals surface area (Å²) in [6, 6.07) is 21.4. The normalized spacial score (nSPS) is 14.5. The Labute approximate surface area is 179 Å². The number of carbonyl (C=O) groups is 2. The Morgan fingerprint density at radius 3 is 2.03 bits per heavy atom. The molecule has 0 spiro atoms. The van der Waals surface area contributed by atoms with Gasteiger partial charge in [-0.2, -0.15) is 0 Å². The van der Waals surface area contributed by atoms with E-state index in [9.17, 15) is 14.7 Å². The van der Waals surface area contributed by atoms with Crippen LogP contribution in [0.15, 0.2) is 72.8 Å². The zero-order valence-corrected chi connectivity index (χ0v) is 16.8. The number of hydrogen-bond acceptors (Lipinski definition) is 4. The number of ether oxygens (including phenoxy) is 1. The number of aliphatic carboxylic acids is 1. The van der Waals surface area contributed by atoms with Crippen molar-refractivity contribution in [1.29, 1.82) is 0 Å². The van der Waals surface area contributed by atoms with Gasteiger partial charge in [-0.25, -0.2) is 0 Å². The van der Waals surface area contributed by atoms with Crippen LogP contribution in [0.3, 0.4) is 0 Å². The molecule has 5 nitrogen and oxygen atoms in total. The third kappa shape index (κ3) is 3.58. The summed E-state index contributed by atoms with van der Waals surface area (Å²) in [6.45, 7) is 0.0336. The second-order valence-corrected chi connectivity index (χ2v) is 7.63. The first-order valence-electron chi connectivity index (χ1n) is 9.56. The van der Waals surface area contributed by atoms with Crippen molar-refractivity contribution >= 4 is 23.5 Å². The molecule has 2 atom stereocenters. The smallest absolute Gasteiger partial charge is 0.322 e. The van der Waals surface area contributed by atoms with Crippen molar-refractivity contribution in [3.8, 4) is 11.1 Å². The van der Waals surface area contributed by atoms with Gasteiger partial charge in [0.05, 0.1) is 6.04 Å². The molecule has 0 amide bonds. The Kier molecular flexibility index (Phi) is 5.57. The van der Waals surface area contributed by atoms with Crippen LogP contribution >= 0.6 is 11.6 Å². The van der Waals surface area contributed by atoms with Crippen molar-refractivity contribution < 1.29 is 19.4 Å². The number of carboxylic acid groups (broad SMARTS) is 1. The monoisotopic (exact) mass is 421 g/mol. The van der Waals surface area contributed by atoms with E-state index in [1.807, 2.05) is 48.5 Å². The van der Waals surface area contributed by atoms with Crippen molar-refractivity contribution in [2.24, 2.45) is 11.7 Å². The fraction of sp³-hybridized carbons (Fsp3) is 0.167. The molecule has 2 unspecified atom stereocenters. The molecule has 0 bridgehead atoms. The van der Waals surface area contributed by atoms with Crippen LogP contribution in [0.2, 0.25) is 5.02 Å². The fourth-order valence-corrected chi connectivity index (χ4v) is 4.28. The first-order valence-corrected chi connectivity index (χ1v) is 9.94. The molecule has 1 aliphatic rings. The summed E-state index contributed by atoms with van der Waals surface area (Å²) in [6.07, 6.45) is 0. The first-order chi connectivity index (χ1) is 14.5. The van der Waals surface area contributed by atoms with Gasteiger partial charge < -0.3 is 15.6 Å². The predicted molar refractivity (Wildman–Crippen MR) is 114 cm³/mol. The Balaban J connectivity index is 1.56. The third-order valence-corrected chi connectivity index (χ3v) is 5.84. The maximum Gasteiger partial charge on any atom is 0.322 e. The maximum absolute atomic E-state index is 12.8. The fourth-order valence-electron chi connectivity index (χ4n) is 4.02. The number of carbonyl (C=O) groups excluding carboxylic acids is 1. The molecule has 152 valence electrons. The average molecular weight is 422 g/mol. The average Bonchev–Trinajstić information content (AvgIpc) is 3.06. The molecule has 6 heteroatoms. The molecule has 0 fully saturated rings. The number of esters is 1. The van der Waals surface area contributed by atoms with Crippen LogP contribution in [0.1, 0.15) is 28.7 Å². The lowest BCUT2D eigenvalue weighted by Crippen LogP contribution is -2.36. The summed E-state index contributed by atoms with van der Waals surface area (Å²) in [5.41, 5.74) is 10.8. The van der Waals surface area contributed by atoms with Crippen LogP contribution < -0.4 is 5.73 Å². The van der Waals surface area contributed by atoms with Crippen LogP contribution in [-0.4, -0.2) is 23.7 Å². The molecule has 30 heavy (non-hydrogen) atoms. The molecule has 0 aromatic heterocycles. The summed E-state index contributed by atoms with van der Waals surface area (Å²) in [4.78, 5) is 24.6. The number of fused-ring (bicyclic) bond motifs is 3. The van der Waals surface area contributed by atoms with Crippen molar-refractivity contribution in [2.75, 3.05) is 6.61 Å². The molecule has 0 saturated heterocycles. The van der Waals surface area contributed by atoms with E-state index in [1.54, 1.807) is 24.3 Å². The molecule has 0 radical (unpaired) electrons. The van der Waals surface area contributed by atoms with Crippen molar-refractivity contribution in [1.82, 2.24) is 0 Å². The highest BCUT2D eigenvalue weighted by atomic mass is 35.5. The van der Waals surface area contributed by atoms with Crippen LogP contribution in [0.5, 0.6) is 0 Å². The predicted octanol–water partition coefficient (Wildman–Crippen LogP) is 4.40. The van der Waals surface area contributed by atoms with Gasteiger partial charge in [-0.3, -0.25) is 9.59 Å². The van der Waals surface area contributed by atoms with Crippen molar-refractivity contribution in [3.05, 3.63) is 94.5 Å². The van der Waals surface area contributed by atoms with E-state index in [0.29, 0.717) is 10.6 Å². The number of carboxylic acids is 1. The van der Waals surface area contributed by atoms with E-state index in [4.69, 9.17) is 22.1 Å². The number of nitrogens with two attached hydrogens (primary N) is 1. The summed E-state index contributed by atoms with van der Waals surface area (Å²) < 4.78 is 5.50. The molecule has 0 heterocycles. The highest BCUT2D eigenvalue weighted by molar-refractivity contribution is 6.31. The van der Waals surface area contributed by atoms with Gasteiger partial charge in [0.15, 0.2) is 5.92 Å². The van der Waals surface area contributed by atoms with E-state index >= 15 is 0 Å². The van der Waals surface area contributed by atoms with Gasteiger partial charge in [-0.1, -0.05) is 78.3 Å². The van der Waals surface area contributed by atoms with E-state index in [2.05, 4.69) is 0 Å². The minimum absolute atomic E-state index is 0.0336. The van der Waals surface area contributed by atoms with E-state index < -0.39 is 23.9 Å². The van der Waals surface area contributed by atoms with Crippen LogP contribution in [0.25, 0.3) is 11.1 Å². The minimum Gasteiger partial charge on any atom is -0.481 e. The van der Waals surface area contributed by atoms with Crippen LogP contribution in [0.4, 0.5) is 0 Å². The molecule has 4 rings (SSSR count). The molecule has 1 aliphatic carbocycles. The Bertz CT molecular complexity index is 1070. The Hall–Kier alpha value is -3.15. The van der Waals surface area contributed by atoms with E-state index in [0.717, 1.165) is 22.3 Å². The van der Waals surface area contributed by atoms with Gasteiger partial charge in [0.25, 0.3) is 0 Å². The maximum atomic E-state index is 12.8. The zero-order valence-electron chi connectivity index (χ0n) is 16.0. The second-order valence-electron chi connectivity index (χ2n) is 7.22. The van der Waals surface area contributed by atoms with Gasteiger partial charge in [-0.15, -0.1) is 0 Å². The topological polar surface area (TPSA) is 89.6 Å². The quantitative estimate of drug-likeness (QED) is 0.455. The van der Waals surface area contributed by atoms with Crippen molar-refractivity contribution in [3.63, 3.8) is 0 Å². The highest BCUT2D eigenvalue weighted by Gasteiger charge is 2.37. The lowest BCUT2D eigenvalue weighted by molar-refractivity contribution is -0.160. The summed E-state index contributed by atoms with van der Waals surface area (Å²) in [5, 5.41) is 9.96. The zero-order chi connectivity index (χ0) is 21.3. The minimum atomic E-state index is -1.56. The highest BCUT2D eigenvalue weighted by Crippen LogP contribution is 2.44. The summed E-state index contributed by atoms with van der Waals surface area (Å²) in [7, 11) is 0. The largest absolute Gasteiger partial charge is 0.481 e. The Morgan fingerprint density at radius 1 is 0.933 bits per heavy atom. The van der Waals surface area contributed by atoms with Crippen LogP contribution in [-0.2, 0) is 14.3 Å². The van der Waals surface area contributed by atoms with Gasteiger partial charge >= 0.3 is 11.9 Å². The van der Waals surface area contributed by atoms with Crippen LogP contribution in [0, 0.1) is 5.92 Å². The number of halogens is 1. The van der Waals surface area contributed by atoms with Gasteiger partial charge in [0.1, 0.15) is 6.61 Å². The van der Waals surface area contributed by atoms with Crippen molar-refractivity contribution in [2.45, 2.75) is 12.0 Å². The third-order valence-electron chi connectivity index (χ3n) is 5.50. The Morgan fingerprint density at radius 2 is 1.47 bits per heavy atom. The van der Waals surface area contributed by atoms with Gasteiger partial charge in [0, 0.05) is 10.9 Å². The summed E-state index contributed by atoms with van der Waals surface area (Å²) >= 11 is 6.14.